The molecule has 120 valence electrons. The molecular formula is C19H15ClN2O2. The van der Waals surface area contributed by atoms with E-state index in [1.165, 1.54) is 6.07 Å². The van der Waals surface area contributed by atoms with Crippen LogP contribution in [0.1, 0.15) is 10.4 Å². The van der Waals surface area contributed by atoms with Crippen molar-refractivity contribution in [3.05, 3.63) is 83.4 Å². The van der Waals surface area contributed by atoms with Gasteiger partial charge in [-0.1, -0.05) is 29.8 Å². The number of anilines is 3. The second kappa shape index (κ2) is 7.06. The SMILES string of the molecule is O=C(Nc1ccccc1O)c1cccc(Nc2ccc(Cl)cc2)c1. The van der Waals surface area contributed by atoms with Gasteiger partial charge in [0.05, 0.1) is 5.69 Å². The fourth-order valence-corrected chi connectivity index (χ4v) is 2.34. The number of nitrogens with one attached hydrogen (secondary N) is 2. The van der Waals surface area contributed by atoms with Gasteiger partial charge >= 0.3 is 0 Å². The van der Waals surface area contributed by atoms with Gasteiger partial charge in [0.2, 0.25) is 0 Å². The second-order valence-electron chi connectivity index (χ2n) is 5.18. The molecule has 3 rings (SSSR count). The van der Waals surface area contributed by atoms with Gasteiger partial charge in [-0.25, -0.2) is 0 Å². The zero-order valence-electron chi connectivity index (χ0n) is 12.7. The molecule has 0 radical (unpaired) electrons. The van der Waals surface area contributed by atoms with Crippen LogP contribution in [0.4, 0.5) is 17.1 Å². The van der Waals surface area contributed by atoms with Crippen molar-refractivity contribution in [1.82, 2.24) is 0 Å². The van der Waals surface area contributed by atoms with Crippen LogP contribution in [0.25, 0.3) is 0 Å². The van der Waals surface area contributed by atoms with E-state index in [9.17, 15) is 9.90 Å². The Morgan fingerprint density at radius 3 is 2.38 bits per heavy atom. The van der Waals surface area contributed by atoms with Crippen molar-refractivity contribution >= 4 is 34.6 Å². The van der Waals surface area contributed by atoms with E-state index in [0.29, 0.717) is 16.3 Å². The van der Waals surface area contributed by atoms with E-state index < -0.39 is 0 Å². The third-order valence-electron chi connectivity index (χ3n) is 3.41. The summed E-state index contributed by atoms with van der Waals surface area (Å²) in [6.07, 6.45) is 0. The summed E-state index contributed by atoms with van der Waals surface area (Å²) in [7, 11) is 0. The summed E-state index contributed by atoms with van der Waals surface area (Å²) in [4.78, 5) is 12.3. The molecule has 0 saturated heterocycles. The number of halogens is 1. The molecule has 0 aliphatic heterocycles. The molecule has 0 saturated carbocycles. The quantitative estimate of drug-likeness (QED) is 0.584. The number of rotatable bonds is 4. The van der Waals surface area contributed by atoms with Gasteiger partial charge in [-0.05, 0) is 54.6 Å². The van der Waals surface area contributed by atoms with E-state index in [1.54, 1.807) is 48.5 Å². The van der Waals surface area contributed by atoms with E-state index in [-0.39, 0.29) is 11.7 Å². The van der Waals surface area contributed by atoms with Gasteiger partial charge in [0.1, 0.15) is 5.75 Å². The summed E-state index contributed by atoms with van der Waals surface area (Å²) in [5.41, 5.74) is 2.51. The van der Waals surface area contributed by atoms with Crippen molar-refractivity contribution < 1.29 is 9.90 Å². The fraction of sp³-hybridized carbons (Fsp3) is 0. The fourth-order valence-electron chi connectivity index (χ4n) is 2.21. The maximum Gasteiger partial charge on any atom is 0.255 e. The molecule has 0 heterocycles. The Morgan fingerprint density at radius 1 is 0.875 bits per heavy atom. The first-order valence-corrected chi connectivity index (χ1v) is 7.71. The lowest BCUT2D eigenvalue weighted by Gasteiger charge is -2.10. The van der Waals surface area contributed by atoms with E-state index in [1.807, 2.05) is 18.2 Å². The van der Waals surface area contributed by atoms with Crippen LogP contribution in [0.2, 0.25) is 5.02 Å². The first-order chi connectivity index (χ1) is 11.6. The maximum absolute atomic E-state index is 12.3. The molecule has 3 aromatic rings. The van der Waals surface area contributed by atoms with Crippen LogP contribution in [0.5, 0.6) is 5.75 Å². The van der Waals surface area contributed by atoms with Crippen LogP contribution in [0, 0.1) is 0 Å². The molecule has 0 aliphatic carbocycles. The first-order valence-electron chi connectivity index (χ1n) is 7.34. The molecule has 3 N–H and O–H groups in total. The Labute approximate surface area is 144 Å². The van der Waals surface area contributed by atoms with Gasteiger partial charge in [0, 0.05) is 22.0 Å². The number of phenols is 1. The Hall–Kier alpha value is -2.98. The Kier molecular flexibility index (Phi) is 4.68. The monoisotopic (exact) mass is 338 g/mol. The molecule has 0 spiro atoms. The van der Waals surface area contributed by atoms with Crippen LogP contribution in [0.15, 0.2) is 72.8 Å². The first kappa shape index (κ1) is 15.9. The van der Waals surface area contributed by atoms with E-state index in [0.717, 1.165) is 11.4 Å². The highest BCUT2D eigenvalue weighted by atomic mass is 35.5. The highest BCUT2D eigenvalue weighted by Crippen LogP contribution is 2.23. The van der Waals surface area contributed by atoms with Crippen molar-refractivity contribution in [1.29, 1.82) is 0 Å². The molecule has 3 aromatic carbocycles. The maximum atomic E-state index is 12.3. The average molecular weight is 339 g/mol. The Bertz CT molecular complexity index is 863. The number of hydrogen-bond donors (Lipinski definition) is 3. The predicted octanol–water partition coefficient (Wildman–Crippen LogP) is 5.04. The number of carbonyl (C=O) groups excluding carboxylic acids is 1. The van der Waals surface area contributed by atoms with Gasteiger partial charge in [-0.2, -0.15) is 0 Å². The van der Waals surface area contributed by atoms with Crippen molar-refractivity contribution in [2.75, 3.05) is 10.6 Å². The van der Waals surface area contributed by atoms with E-state index >= 15 is 0 Å². The number of aromatic hydroxyl groups is 1. The standard InChI is InChI=1S/C19H15ClN2O2/c20-14-8-10-15(11-9-14)21-16-5-3-4-13(12-16)19(24)22-17-6-1-2-7-18(17)23/h1-12,21,23H,(H,22,24). The van der Waals surface area contributed by atoms with Gasteiger partial charge in [-0.3, -0.25) is 4.79 Å². The smallest absolute Gasteiger partial charge is 0.255 e. The summed E-state index contributed by atoms with van der Waals surface area (Å²) in [5, 5.41) is 16.3. The molecule has 0 bridgehead atoms. The lowest BCUT2D eigenvalue weighted by atomic mass is 10.1. The number of carbonyl (C=O) groups is 1. The molecule has 24 heavy (non-hydrogen) atoms. The highest BCUT2D eigenvalue weighted by molar-refractivity contribution is 6.30. The number of benzene rings is 3. The van der Waals surface area contributed by atoms with Crippen LogP contribution >= 0.6 is 11.6 Å². The van der Waals surface area contributed by atoms with Gasteiger partial charge in [0.25, 0.3) is 5.91 Å². The molecule has 0 aromatic heterocycles. The predicted molar refractivity (Wildman–Crippen MR) is 97.2 cm³/mol. The second-order valence-corrected chi connectivity index (χ2v) is 5.62. The lowest BCUT2D eigenvalue weighted by molar-refractivity contribution is 0.102. The zero-order chi connectivity index (χ0) is 16.9. The van der Waals surface area contributed by atoms with Gasteiger partial charge in [-0.15, -0.1) is 0 Å². The molecular weight excluding hydrogens is 324 g/mol. The van der Waals surface area contributed by atoms with Crippen LogP contribution < -0.4 is 10.6 Å². The van der Waals surface area contributed by atoms with Crippen molar-refractivity contribution in [2.45, 2.75) is 0 Å². The molecule has 4 nitrogen and oxygen atoms in total. The van der Waals surface area contributed by atoms with Crippen molar-refractivity contribution in [2.24, 2.45) is 0 Å². The third-order valence-corrected chi connectivity index (χ3v) is 3.66. The molecule has 0 aliphatic rings. The molecule has 0 unspecified atom stereocenters. The Balaban J connectivity index is 1.76. The number of para-hydroxylation sites is 2. The number of amides is 1. The number of phenolic OH excluding ortho intramolecular Hbond substituents is 1. The lowest BCUT2D eigenvalue weighted by Crippen LogP contribution is -2.12. The van der Waals surface area contributed by atoms with Crippen LogP contribution in [-0.2, 0) is 0 Å². The minimum atomic E-state index is -0.295. The average Bonchev–Trinajstić information content (AvgIpc) is 2.59. The van der Waals surface area contributed by atoms with Gasteiger partial charge < -0.3 is 15.7 Å². The van der Waals surface area contributed by atoms with E-state index in [2.05, 4.69) is 10.6 Å². The third kappa shape index (κ3) is 3.86. The summed E-state index contributed by atoms with van der Waals surface area (Å²) in [6.45, 7) is 0. The highest BCUT2D eigenvalue weighted by Gasteiger charge is 2.09. The van der Waals surface area contributed by atoms with Crippen molar-refractivity contribution in [3.63, 3.8) is 0 Å². The Morgan fingerprint density at radius 2 is 1.62 bits per heavy atom. The summed E-state index contributed by atoms with van der Waals surface area (Å²) >= 11 is 5.87. The molecule has 0 fully saturated rings. The van der Waals surface area contributed by atoms with Crippen LogP contribution in [0.3, 0.4) is 0 Å². The summed E-state index contributed by atoms with van der Waals surface area (Å²) in [5.74, 6) is -0.266. The topological polar surface area (TPSA) is 61.4 Å². The number of hydrogen-bond acceptors (Lipinski definition) is 3. The minimum absolute atomic E-state index is 0.0290. The van der Waals surface area contributed by atoms with E-state index in [4.69, 9.17) is 11.6 Å². The summed E-state index contributed by atoms with van der Waals surface area (Å²) in [6, 6.07) is 21.0. The molecule has 1 amide bonds. The van der Waals surface area contributed by atoms with Crippen LogP contribution in [-0.4, -0.2) is 11.0 Å². The largest absolute Gasteiger partial charge is 0.506 e. The molecule has 5 heteroatoms. The summed E-state index contributed by atoms with van der Waals surface area (Å²) < 4.78 is 0. The van der Waals surface area contributed by atoms with Crippen molar-refractivity contribution in [3.8, 4) is 5.75 Å². The molecule has 0 atom stereocenters. The van der Waals surface area contributed by atoms with Gasteiger partial charge in [0.15, 0.2) is 0 Å². The zero-order valence-corrected chi connectivity index (χ0v) is 13.4. The normalized spacial score (nSPS) is 10.2. The minimum Gasteiger partial charge on any atom is -0.506 e.